The van der Waals surface area contributed by atoms with Crippen molar-refractivity contribution in [3.8, 4) is 0 Å². The van der Waals surface area contributed by atoms with Crippen LogP contribution in [0.5, 0.6) is 0 Å². The Labute approximate surface area is 138 Å². The number of carbonyl (C=O) groups excluding carboxylic acids is 1. The van der Waals surface area contributed by atoms with E-state index in [0.29, 0.717) is 23.2 Å². The fourth-order valence-electron chi connectivity index (χ4n) is 2.16. The molecule has 2 heterocycles. The van der Waals surface area contributed by atoms with E-state index in [0.717, 1.165) is 23.8 Å². The van der Waals surface area contributed by atoms with E-state index in [1.54, 1.807) is 6.08 Å². The predicted octanol–water partition coefficient (Wildman–Crippen LogP) is 3.11. The fraction of sp³-hybridized carbons (Fsp3) is 0.250. The number of morpholine rings is 1. The van der Waals surface area contributed by atoms with Crippen molar-refractivity contribution in [2.24, 2.45) is 4.99 Å². The highest BCUT2D eigenvalue weighted by Gasteiger charge is 2.27. The number of rotatable bonds is 2. The summed E-state index contributed by atoms with van der Waals surface area (Å²) in [6, 6.07) is 9.75. The van der Waals surface area contributed by atoms with Gasteiger partial charge in [0.25, 0.3) is 5.91 Å². The summed E-state index contributed by atoms with van der Waals surface area (Å²) < 4.78 is 5.31. The van der Waals surface area contributed by atoms with E-state index >= 15 is 0 Å². The smallest absolute Gasteiger partial charge is 0.286 e. The number of thioether (sulfide) groups is 1. The molecule has 1 fully saturated rings. The molecule has 0 atom stereocenters. The van der Waals surface area contributed by atoms with Crippen molar-refractivity contribution in [1.29, 1.82) is 0 Å². The van der Waals surface area contributed by atoms with Crippen LogP contribution >= 0.6 is 23.4 Å². The van der Waals surface area contributed by atoms with Crippen molar-refractivity contribution >= 4 is 40.5 Å². The highest BCUT2D eigenvalue weighted by atomic mass is 35.5. The molecule has 0 saturated carbocycles. The normalized spacial score (nSPS) is 21.4. The van der Waals surface area contributed by atoms with Gasteiger partial charge in [-0.15, -0.1) is 0 Å². The van der Waals surface area contributed by atoms with Crippen LogP contribution in [-0.4, -0.2) is 42.3 Å². The highest BCUT2D eigenvalue weighted by Crippen LogP contribution is 2.30. The van der Waals surface area contributed by atoms with Gasteiger partial charge in [-0.05, 0) is 29.5 Å². The SMILES string of the molecule is O=C1N=C(N2CCOCC2)SC1=CC(Cl)=Cc1ccccc1. The van der Waals surface area contributed by atoms with Crippen LogP contribution in [0.4, 0.5) is 0 Å². The van der Waals surface area contributed by atoms with Crippen molar-refractivity contribution in [3.63, 3.8) is 0 Å². The van der Waals surface area contributed by atoms with Gasteiger partial charge in [-0.1, -0.05) is 41.9 Å². The number of amides is 1. The lowest BCUT2D eigenvalue weighted by molar-refractivity contribution is -0.113. The summed E-state index contributed by atoms with van der Waals surface area (Å²) in [7, 11) is 0. The Morgan fingerprint density at radius 2 is 2.00 bits per heavy atom. The van der Waals surface area contributed by atoms with Gasteiger partial charge in [0.1, 0.15) is 0 Å². The largest absolute Gasteiger partial charge is 0.378 e. The molecule has 22 heavy (non-hydrogen) atoms. The lowest BCUT2D eigenvalue weighted by atomic mass is 10.2. The standard InChI is InChI=1S/C16H15ClN2O2S/c17-13(10-12-4-2-1-3-5-12)11-14-15(20)18-16(22-14)19-6-8-21-9-7-19/h1-5,10-11H,6-9H2. The van der Waals surface area contributed by atoms with Crippen LogP contribution in [-0.2, 0) is 9.53 Å². The molecule has 1 aromatic carbocycles. The average Bonchev–Trinajstić information content (AvgIpc) is 2.90. The summed E-state index contributed by atoms with van der Waals surface area (Å²) in [5.41, 5.74) is 0.995. The van der Waals surface area contributed by atoms with Crippen LogP contribution in [0, 0.1) is 0 Å². The molecule has 0 radical (unpaired) electrons. The topological polar surface area (TPSA) is 41.9 Å². The van der Waals surface area contributed by atoms with Crippen molar-refractivity contribution in [2.75, 3.05) is 26.3 Å². The van der Waals surface area contributed by atoms with Crippen molar-refractivity contribution < 1.29 is 9.53 Å². The zero-order chi connectivity index (χ0) is 15.4. The number of amidine groups is 1. The molecule has 0 aromatic heterocycles. The van der Waals surface area contributed by atoms with Crippen LogP contribution in [0.15, 0.2) is 51.3 Å². The number of hydrogen-bond donors (Lipinski definition) is 0. The Morgan fingerprint density at radius 3 is 2.73 bits per heavy atom. The zero-order valence-electron chi connectivity index (χ0n) is 11.9. The first-order valence-electron chi connectivity index (χ1n) is 7.00. The first-order chi connectivity index (χ1) is 10.7. The second-order valence-corrected chi connectivity index (χ2v) is 6.30. The molecular formula is C16H15ClN2O2S. The van der Waals surface area contributed by atoms with Gasteiger partial charge in [0.15, 0.2) is 5.17 Å². The molecule has 0 N–H and O–H groups in total. The number of ether oxygens (including phenoxy) is 1. The lowest BCUT2D eigenvalue weighted by Gasteiger charge is -2.27. The van der Waals surface area contributed by atoms with Gasteiger partial charge >= 0.3 is 0 Å². The number of carbonyl (C=O) groups is 1. The summed E-state index contributed by atoms with van der Waals surface area (Å²) in [5.74, 6) is -0.230. The van der Waals surface area contributed by atoms with E-state index in [9.17, 15) is 4.79 Å². The maximum absolute atomic E-state index is 12.0. The number of hydrogen-bond acceptors (Lipinski definition) is 4. The zero-order valence-corrected chi connectivity index (χ0v) is 13.4. The summed E-state index contributed by atoms with van der Waals surface area (Å²) >= 11 is 7.60. The molecule has 0 spiro atoms. The van der Waals surface area contributed by atoms with Gasteiger partial charge in [-0.3, -0.25) is 4.79 Å². The summed E-state index contributed by atoms with van der Waals surface area (Å²) in [6.07, 6.45) is 3.51. The second-order valence-electron chi connectivity index (χ2n) is 4.85. The highest BCUT2D eigenvalue weighted by molar-refractivity contribution is 8.18. The molecule has 0 aliphatic carbocycles. The van der Waals surface area contributed by atoms with Gasteiger partial charge in [-0.2, -0.15) is 4.99 Å². The molecule has 3 rings (SSSR count). The molecule has 1 saturated heterocycles. The van der Waals surface area contributed by atoms with E-state index in [4.69, 9.17) is 16.3 Å². The van der Waals surface area contributed by atoms with E-state index in [2.05, 4.69) is 9.89 Å². The first-order valence-corrected chi connectivity index (χ1v) is 8.19. The summed E-state index contributed by atoms with van der Waals surface area (Å²) in [6.45, 7) is 2.86. The lowest BCUT2D eigenvalue weighted by Crippen LogP contribution is -2.38. The van der Waals surface area contributed by atoms with E-state index in [1.807, 2.05) is 36.4 Å². The maximum atomic E-state index is 12.0. The number of allylic oxidation sites excluding steroid dienone is 2. The molecule has 1 aromatic rings. The minimum Gasteiger partial charge on any atom is -0.378 e. The average molecular weight is 335 g/mol. The van der Waals surface area contributed by atoms with E-state index < -0.39 is 0 Å². The Bertz CT molecular complexity index is 649. The molecule has 4 nitrogen and oxygen atoms in total. The quantitative estimate of drug-likeness (QED) is 0.779. The number of aliphatic imine (C=N–C) groups is 1. The Balaban J connectivity index is 1.71. The van der Waals surface area contributed by atoms with Gasteiger partial charge < -0.3 is 9.64 Å². The fourth-order valence-corrected chi connectivity index (χ4v) is 3.42. The third-order valence-corrected chi connectivity index (χ3v) is 4.53. The molecule has 2 aliphatic heterocycles. The minimum atomic E-state index is -0.230. The van der Waals surface area contributed by atoms with Crippen LogP contribution in [0.3, 0.4) is 0 Å². The molecule has 114 valence electrons. The van der Waals surface area contributed by atoms with Crippen LogP contribution < -0.4 is 0 Å². The second kappa shape index (κ2) is 7.13. The molecular weight excluding hydrogens is 320 g/mol. The Kier molecular flexibility index (Phi) is 4.97. The summed E-state index contributed by atoms with van der Waals surface area (Å²) in [4.78, 5) is 18.7. The molecule has 6 heteroatoms. The van der Waals surface area contributed by atoms with Crippen LogP contribution in [0.1, 0.15) is 5.56 Å². The van der Waals surface area contributed by atoms with Gasteiger partial charge in [-0.25, -0.2) is 0 Å². The number of halogens is 1. The number of nitrogens with zero attached hydrogens (tertiary/aromatic N) is 2. The van der Waals surface area contributed by atoms with Gasteiger partial charge in [0.05, 0.1) is 18.1 Å². The molecule has 0 bridgehead atoms. The van der Waals surface area contributed by atoms with Crippen molar-refractivity contribution in [1.82, 2.24) is 4.90 Å². The molecule has 1 amide bonds. The first kappa shape index (κ1) is 15.3. The maximum Gasteiger partial charge on any atom is 0.286 e. The van der Waals surface area contributed by atoms with Gasteiger partial charge in [0.2, 0.25) is 0 Å². The van der Waals surface area contributed by atoms with E-state index in [1.165, 1.54) is 11.8 Å². The van der Waals surface area contributed by atoms with Gasteiger partial charge in [0, 0.05) is 18.1 Å². The minimum absolute atomic E-state index is 0.230. The van der Waals surface area contributed by atoms with Crippen molar-refractivity contribution in [3.05, 3.63) is 51.9 Å². The third kappa shape index (κ3) is 3.80. The van der Waals surface area contributed by atoms with Crippen LogP contribution in [0.25, 0.3) is 6.08 Å². The third-order valence-electron chi connectivity index (χ3n) is 3.26. The Hall–Kier alpha value is -1.56. The van der Waals surface area contributed by atoms with E-state index in [-0.39, 0.29) is 5.91 Å². The monoisotopic (exact) mass is 334 g/mol. The molecule has 0 unspecified atom stereocenters. The summed E-state index contributed by atoms with van der Waals surface area (Å²) in [5, 5.41) is 1.25. The predicted molar refractivity (Wildman–Crippen MR) is 90.8 cm³/mol. The van der Waals surface area contributed by atoms with Crippen molar-refractivity contribution in [2.45, 2.75) is 0 Å². The Morgan fingerprint density at radius 1 is 1.27 bits per heavy atom. The van der Waals surface area contributed by atoms with Crippen LogP contribution in [0.2, 0.25) is 0 Å². The number of benzene rings is 1. The molecule has 2 aliphatic rings.